The van der Waals surface area contributed by atoms with Gasteiger partial charge in [-0.25, -0.2) is 8.42 Å². The molecule has 0 spiro atoms. The molecule has 3 rings (SSSR count). The van der Waals surface area contributed by atoms with E-state index in [-0.39, 0.29) is 17.3 Å². The number of anilines is 2. The summed E-state index contributed by atoms with van der Waals surface area (Å²) in [4.78, 5) is 23.7. The van der Waals surface area contributed by atoms with Crippen molar-refractivity contribution in [3.05, 3.63) is 77.9 Å². The van der Waals surface area contributed by atoms with Gasteiger partial charge < -0.3 is 14.8 Å². The molecule has 8 nitrogen and oxygen atoms in total. The second-order valence-corrected chi connectivity index (χ2v) is 8.92. The van der Waals surface area contributed by atoms with Crippen LogP contribution in [-0.2, 0) is 14.8 Å². The minimum Gasteiger partial charge on any atom is -0.497 e. The van der Waals surface area contributed by atoms with Crippen molar-refractivity contribution in [2.24, 2.45) is 0 Å². The Balaban J connectivity index is 1.63. The van der Waals surface area contributed by atoms with E-state index in [9.17, 15) is 18.0 Å². The van der Waals surface area contributed by atoms with E-state index in [2.05, 4.69) is 10.0 Å². The fraction of sp³-hybridized carbons (Fsp3) is 0.167. The van der Waals surface area contributed by atoms with Crippen LogP contribution < -0.4 is 19.5 Å². The van der Waals surface area contributed by atoms with Gasteiger partial charge in [0.1, 0.15) is 11.5 Å². The fourth-order valence-corrected chi connectivity index (χ4v) is 4.12. The van der Waals surface area contributed by atoms with E-state index >= 15 is 0 Å². The Bertz CT molecular complexity index is 1270. The van der Waals surface area contributed by atoms with Crippen LogP contribution in [0.1, 0.15) is 22.8 Å². The number of benzene rings is 3. The van der Waals surface area contributed by atoms with Crippen LogP contribution in [0.25, 0.3) is 0 Å². The topological polar surface area (TPSA) is 111 Å². The zero-order valence-corrected chi connectivity index (χ0v) is 19.2. The Hall–Kier alpha value is -3.85. The number of carbonyl (C=O) groups excluding carboxylic acids is 2. The minimum atomic E-state index is -3.81. The maximum Gasteiger partial charge on any atom is 0.262 e. The van der Waals surface area contributed by atoms with Crippen molar-refractivity contribution in [2.45, 2.75) is 18.7 Å². The number of Topliss-reactive ketones (excluding diaryl/α,β-unsaturated/α-hetero) is 1. The van der Waals surface area contributed by atoms with E-state index in [0.29, 0.717) is 34.0 Å². The zero-order valence-electron chi connectivity index (χ0n) is 18.4. The van der Waals surface area contributed by atoms with E-state index in [1.54, 1.807) is 55.5 Å². The summed E-state index contributed by atoms with van der Waals surface area (Å²) in [5.41, 5.74) is 1.93. The number of hydrogen-bond acceptors (Lipinski definition) is 6. The predicted molar refractivity (Wildman–Crippen MR) is 126 cm³/mol. The number of aryl methyl sites for hydroxylation is 1. The number of carbonyl (C=O) groups is 2. The molecule has 0 saturated heterocycles. The van der Waals surface area contributed by atoms with Gasteiger partial charge in [0, 0.05) is 16.9 Å². The molecule has 0 saturated carbocycles. The highest BCUT2D eigenvalue weighted by Gasteiger charge is 2.16. The van der Waals surface area contributed by atoms with E-state index in [4.69, 9.17) is 9.47 Å². The number of ether oxygens (including phenoxy) is 2. The predicted octanol–water partition coefficient (Wildman–Crippen LogP) is 4.02. The van der Waals surface area contributed by atoms with Crippen molar-refractivity contribution < 1.29 is 27.5 Å². The highest BCUT2D eigenvalue weighted by molar-refractivity contribution is 7.92. The molecule has 0 unspecified atom stereocenters. The summed E-state index contributed by atoms with van der Waals surface area (Å²) in [5, 5.41) is 2.67. The van der Waals surface area contributed by atoms with Crippen molar-refractivity contribution >= 4 is 33.1 Å². The molecule has 0 aliphatic rings. The summed E-state index contributed by atoms with van der Waals surface area (Å²) in [6.07, 6.45) is 0. The van der Waals surface area contributed by atoms with Crippen molar-refractivity contribution in [1.29, 1.82) is 0 Å². The number of ketones is 1. The molecule has 0 atom stereocenters. The number of sulfonamides is 1. The maximum absolute atomic E-state index is 12.7. The molecule has 33 heavy (non-hydrogen) atoms. The Kier molecular flexibility index (Phi) is 7.34. The Labute approximate surface area is 192 Å². The summed E-state index contributed by atoms with van der Waals surface area (Å²) < 4.78 is 38.5. The molecule has 0 radical (unpaired) electrons. The van der Waals surface area contributed by atoms with Gasteiger partial charge in [0.15, 0.2) is 12.4 Å². The lowest BCUT2D eigenvalue weighted by molar-refractivity contribution is -0.118. The third-order valence-corrected chi connectivity index (χ3v) is 6.09. The molecule has 3 aromatic carbocycles. The fourth-order valence-electron chi connectivity index (χ4n) is 2.98. The van der Waals surface area contributed by atoms with Gasteiger partial charge in [-0.3, -0.25) is 14.3 Å². The van der Waals surface area contributed by atoms with Crippen LogP contribution >= 0.6 is 0 Å². The molecule has 0 fully saturated rings. The molecule has 0 aromatic heterocycles. The third-order valence-electron chi connectivity index (χ3n) is 4.71. The highest BCUT2D eigenvalue weighted by atomic mass is 32.2. The van der Waals surface area contributed by atoms with Crippen LogP contribution in [0.3, 0.4) is 0 Å². The van der Waals surface area contributed by atoms with Crippen LogP contribution in [0.4, 0.5) is 11.4 Å². The lowest BCUT2D eigenvalue weighted by Crippen LogP contribution is -2.20. The van der Waals surface area contributed by atoms with Crippen LogP contribution in [0.15, 0.2) is 71.6 Å². The van der Waals surface area contributed by atoms with E-state index in [0.717, 1.165) is 0 Å². The quantitative estimate of drug-likeness (QED) is 0.459. The molecular weight excluding hydrogens is 444 g/mol. The van der Waals surface area contributed by atoms with Gasteiger partial charge in [-0.05, 0) is 74.0 Å². The minimum absolute atomic E-state index is 0.0636. The molecule has 3 aromatic rings. The first-order valence-corrected chi connectivity index (χ1v) is 11.5. The molecule has 0 heterocycles. The Morgan fingerprint density at radius 1 is 0.939 bits per heavy atom. The van der Waals surface area contributed by atoms with Gasteiger partial charge >= 0.3 is 0 Å². The van der Waals surface area contributed by atoms with Crippen LogP contribution in [0.2, 0.25) is 0 Å². The monoisotopic (exact) mass is 468 g/mol. The Morgan fingerprint density at radius 3 is 2.30 bits per heavy atom. The van der Waals surface area contributed by atoms with E-state index < -0.39 is 15.9 Å². The van der Waals surface area contributed by atoms with Crippen LogP contribution in [0.5, 0.6) is 11.5 Å². The van der Waals surface area contributed by atoms with Crippen molar-refractivity contribution in [3.8, 4) is 11.5 Å². The van der Waals surface area contributed by atoms with Crippen LogP contribution in [-0.4, -0.2) is 33.8 Å². The third kappa shape index (κ3) is 6.33. The zero-order chi connectivity index (χ0) is 24.0. The number of methoxy groups -OCH3 is 1. The van der Waals surface area contributed by atoms with Gasteiger partial charge in [0.05, 0.1) is 12.0 Å². The molecule has 2 N–H and O–H groups in total. The average molecular weight is 469 g/mol. The second-order valence-electron chi connectivity index (χ2n) is 7.24. The summed E-state index contributed by atoms with van der Waals surface area (Å²) in [7, 11) is -2.28. The van der Waals surface area contributed by atoms with E-state index in [1.807, 2.05) is 0 Å². The van der Waals surface area contributed by atoms with Crippen molar-refractivity contribution in [3.63, 3.8) is 0 Å². The molecular formula is C24H24N2O6S. The normalized spacial score (nSPS) is 10.9. The highest BCUT2D eigenvalue weighted by Crippen LogP contribution is 2.24. The lowest BCUT2D eigenvalue weighted by Gasteiger charge is -2.13. The summed E-state index contributed by atoms with van der Waals surface area (Å²) >= 11 is 0. The van der Waals surface area contributed by atoms with Gasteiger partial charge in [-0.1, -0.05) is 12.1 Å². The molecule has 1 amide bonds. The van der Waals surface area contributed by atoms with Gasteiger partial charge in [0.25, 0.3) is 15.9 Å². The summed E-state index contributed by atoms with van der Waals surface area (Å²) in [6, 6.07) is 17.5. The second kappa shape index (κ2) is 10.2. The Morgan fingerprint density at radius 2 is 1.67 bits per heavy atom. The lowest BCUT2D eigenvalue weighted by atomic mass is 10.1. The molecule has 172 valence electrons. The van der Waals surface area contributed by atoms with Crippen molar-refractivity contribution in [2.75, 3.05) is 23.8 Å². The summed E-state index contributed by atoms with van der Waals surface area (Å²) in [6.45, 7) is 2.86. The van der Waals surface area contributed by atoms with Crippen LogP contribution in [0, 0.1) is 6.92 Å². The van der Waals surface area contributed by atoms with Gasteiger partial charge in [-0.2, -0.15) is 0 Å². The van der Waals surface area contributed by atoms with Crippen molar-refractivity contribution in [1.82, 2.24) is 0 Å². The summed E-state index contributed by atoms with van der Waals surface area (Å²) in [5.74, 6) is 0.486. The van der Waals surface area contributed by atoms with Gasteiger partial charge in [-0.15, -0.1) is 0 Å². The molecule has 0 aliphatic heterocycles. The number of rotatable bonds is 9. The maximum atomic E-state index is 12.7. The standard InChI is InChI=1S/C24H24N2O6S/c1-16-13-22(33(29,30)26-19-7-9-21(31-3)10-8-19)11-12-23(16)32-15-24(28)25-20-6-4-5-18(14-20)17(2)27/h4-14,26H,15H2,1-3H3,(H,25,28). The smallest absolute Gasteiger partial charge is 0.262 e. The molecule has 9 heteroatoms. The SMILES string of the molecule is COc1ccc(NS(=O)(=O)c2ccc(OCC(=O)Nc3cccc(C(C)=O)c3)c(C)c2)cc1. The number of nitrogens with one attached hydrogen (secondary N) is 2. The first-order chi connectivity index (χ1) is 15.7. The first kappa shape index (κ1) is 23.8. The van der Waals surface area contributed by atoms with Gasteiger partial charge in [0.2, 0.25) is 0 Å². The molecule has 0 bridgehead atoms. The number of amides is 1. The first-order valence-electron chi connectivity index (χ1n) is 9.99. The number of hydrogen-bond donors (Lipinski definition) is 2. The average Bonchev–Trinajstić information content (AvgIpc) is 2.78. The molecule has 0 aliphatic carbocycles. The van der Waals surface area contributed by atoms with E-state index in [1.165, 1.54) is 32.2 Å². The largest absolute Gasteiger partial charge is 0.497 e.